The third-order valence-corrected chi connectivity index (χ3v) is 3.65. The standard InChI is InChI=1S/C16H21NO2/c1-11-6-7-14-13(8-11)12(2)9-16(3,4)17(14)10-15(18)19-5/h6-9H,10H2,1-5H3. The van der Waals surface area contributed by atoms with E-state index in [1.54, 1.807) is 0 Å². The number of carbonyl (C=O) groups excluding carboxylic acids is 1. The van der Waals surface area contributed by atoms with Gasteiger partial charge in [0, 0.05) is 11.3 Å². The molecule has 2 rings (SSSR count). The van der Waals surface area contributed by atoms with Crippen LogP contribution in [-0.4, -0.2) is 25.2 Å². The van der Waals surface area contributed by atoms with Crippen molar-refractivity contribution in [2.24, 2.45) is 0 Å². The molecule has 0 spiro atoms. The van der Waals surface area contributed by atoms with Gasteiger partial charge in [0.25, 0.3) is 0 Å². The lowest BCUT2D eigenvalue weighted by Crippen LogP contribution is -2.48. The monoisotopic (exact) mass is 259 g/mol. The Morgan fingerprint density at radius 3 is 2.63 bits per heavy atom. The second-order valence-electron chi connectivity index (χ2n) is 5.66. The molecule has 1 aliphatic rings. The van der Waals surface area contributed by atoms with E-state index in [0.717, 1.165) is 5.69 Å². The maximum Gasteiger partial charge on any atom is 0.325 e. The molecule has 0 saturated heterocycles. The Labute approximate surface area is 114 Å². The predicted molar refractivity (Wildman–Crippen MR) is 78.3 cm³/mol. The van der Waals surface area contributed by atoms with Gasteiger partial charge in [-0.25, -0.2) is 0 Å². The number of anilines is 1. The second-order valence-corrected chi connectivity index (χ2v) is 5.66. The molecule has 0 radical (unpaired) electrons. The quantitative estimate of drug-likeness (QED) is 0.764. The highest BCUT2D eigenvalue weighted by Gasteiger charge is 2.32. The molecule has 3 nitrogen and oxygen atoms in total. The van der Waals surface area contributed by atoms with Crippen molar-refractivity contribution < 1.29 is 9.53 Å². The molecule has 1 heterocycles. The minimum Gasteiger partial charge on any atom is -0.468 e. The number of hydrogen-bond acceptors (Lipinski definition) is 3. The summed E-state index contributed by atoms with van der Waals surface area (Å²) in [5.74, 6) is -0.215. The fraction of sp³-hybridized carbons (Fsp3) is 0.438. The van der Waals surface area contributed by atoms with Gasteiger partial charge in [0.2, 0.25) is 0 Å². The van der Waals surface area contributed by atoms with Crippen molar-refractivity contribution in [2.75, 3.05) is 18.6 Å². The SMILES string of the molecule is COC(=O)CN1c2ccc(C)cc2C(C)=CC1(C)C. The Bertz CT molecular complexity index is 544. The molecule has 1 aromatic rings. The van der Waals surface area contributed by atoms with E-state index in [2.05, 4.69) is 56.9 Å². The normalized spacial score (nSPS) is 16.7. The van der Waals surface area contributed by atoms with Gasteiger partial charge in [-0.15, -0.1) is 0 Å². The number of ether oxygens (including phenoxy) is 1. The number of fused-ring (bicyclic) bond motifs is 1. The molecule has 1 aromatic carbocycles. The molecular formula is C16H21NO2. The molecule has 0 aromatic heterocycles. The van der Waals surface area contributed by atoms with Crippen LogP contribution in [0.3, 0.4) is 0 Å². The van der Waals surface area contributed by atoms with Gasteiger partial charge in [-0.2, -0.15) is 0 Å². The maximum absolute atomic E-state index is 11.6. The number of esters is 1. The van der Waals surface area contributed by atoms with Crippen LogP contribution in [-0.2, 0) is 9.53 Å². The lowest BCUT2D eigenvalue weighted by atomic mass is 9.88. The first-order valence-corrected chi connectivity index (χ1v) is 6.50. The smallest absolute Gasteiger partial charge is 0.325 e. The number of rotatable bonds is 2. The zero-order valence-corrected chi connectivity index (χ0v) is 12.3. The summed E-state index contributed by atoms with van der Waals surface area (Å²) in [6, 6.07) is 6.34. The molecule has 0 unspecified atom stereocenters. The summed E-state index contributed by atoms with van der Waals surface area (Å²) in [5.41, 5.74) is 4.58. The number of allylic oxidation sites excluding steroid dienone is 1. The first-order chi connectivity index (χ1) is 8.85. The first-order valence-electron chi connectivity index (χ1n) is 6.50. The van der Waals surface area contributed by atoms with E-state index >= 15 is 0 Å². The fourth-order valence-electron chi connectivity index (χ4n) is 2.68. The van der Waals surface area contributed by atoms with E-state index in [4.69, 9.17) is 4.74 Å². The first kappa shape index (κ1) is 13.7. The molecule has 0 bridgehead atoms. The van der Waals surface area contributed by atoms with Gasteiger partial charge in [-0.05, 0) is 45.4 Å². The molecule has 0 aliphatic carbocycles. The van der Waals surface area contributed by atoms with Crippen molar-refractivity contribution in [2.45, 2.75) is 33.2 Å². The summed E-state index contributed by atoms with van der Waals surface area (Å²) in [7, 11) is 1.43. The third-order valence-electron chi connectivity index (χ3n) is 3.65. The molecule has 0 N–H and O–H groups in total. The highest BCUT2D eigenvalue weighted by Crippen LogP contribution is 2.38. The van der Waals surface area contributed by atoms with Crippen molar-refractivity contribution in [3.63, 3.8) is 0 Å². The minimum atomic E-state index is -0.215. The number of nitrogens with zero attached hydrogens (tertiary/aromatic N) is 1. The molecular weight excluding hydrogens is 238 g/mol. The van der Waals surface area contributed by atoms with Crippen LogP contribution >= 0.6 is 0 Å². The summed E-state index contributed by atoms with van der Waals surface area (Å²) >= 11 is 0. The Kier molecular flexibility index (Phi) is 3.40. The Morgan fingerprint density at radius 1 is 1.32 bits per heavy atom. The van der Waals surface area contributed by atoms with Gasteiger partial charge >= 0.3 is 5.97 Å². The average Bonchev–Trinajstić information content (AvgIpc) is 2.34. The fourth-order valence-corrected chi connectivity index (χ4v) is 2.68. The number of benzene rings is 1. The average molecular weight is 259 g/mol. The Balaban J connectivity index is 2.51. The van der Waals surface area contributed by atoms with Crippen LogP contribution in [0.15, 0.2) is 24.3 Å². The molecule has 0 saturated carbocycles. The molecule has 1 aliphatic heterocycles. The summed E-state index contributed by atoms with van der Waals surface area (Å²) < 4.78 is 4.81. The van der Waals surface area contributed by atoms with E-state index in [9.17, 15) is 4.79 Å². The lowest BCUT2D eigenvalue weighted by molar-refractivity contribution is -0.139. The molecule has 3 heteroatoms. The number of aryl methyl sites for hydroxylation is 1. The van der Waals surface area contributed by atoms with Gasteiger partial charge in [-0.3, -0.25) is 4.79 Å². The van der Waals surface area contributed by atoms with E-state index in [1.165, 1.54) is 23.8 Å². The van der Waals surface area contributed by atoms with E-state index in [-0.39, 0.29) is 18.1 Å². The van der Waals surface area contributed by atoms with Crippen LogP contribution in [0.1, 0.15) is 31.9 Å². The molecule has 19 heavy (non-hydrogen) atoms. The minimum absolute atomic E-state index is 0.194. The van der Waals surface area contributed by atoms with Gasteiger partial charge in [0.15, 0.2) is 0 Å². The zero-order valence-electron chi connectivity index (χ0n) is 12.3. The summed E-state index contributed by atoms with van der Waals surface area (Å²) in [6.07, 6.45) is 2.21. The van der Waals surface area contributed by atoms with E-state index in [1.807, 2.05) is 0 Å². The van der Waals surface area contributed by atoms with Crippen molar-refractivity contribution in [1.82, 2.24) is 0 Å². The molecule has 0 atom stereocenters. The highest BCUT2D eigenvalue weighted by atomic mass is 16.5. The lowest BCUT2D eigenvalue weighted by Gasteiger charge is -2.42. The maximum atomic E-state index is 11.6. The van der Waals surface area contributed by atoms with Crippen LogP contribution in [0.25, 0.3) is 5.57 Å². The topological polar surface area (TPSA) is 29.5 Å². The zero-order chi connectivity index (χ0) is 14.2. The van der Waals surface area contributed by atoms with Crippen molar-refractivity contribution >= 4 is 17.2 Å². The van der Waals surface area contributed by atoms with Crippen molar-refractivity contribution in [1.29, 1.82) is 0 Å². The van der Waals surface area contributed by atoms with Crippen LogP contribution < -0.4 is 4.90 Å². The number of carbonyl (C=O) groups is 1. The summed E-state index contributed by atoms with van der Waals surface area (Å²) in [4.78, 5) is 13.7. The van der Waals surface area contributed by atoms with Crippen LogP contribution in [0, 0.1) is 6.92 Å². The van der Waals surface area contributed by atoms with Crippen molar-refractivity contribution in [3.05, 3.63) is 35.4 Å². The van der Waals surface area contributed by atoms with Gasteiger partial charge in [-0.1, -0.05) is 17.7 Å². The Morgan fingerprint density at radius 2 is 2.00 bits per heavy atom. The van der Waals surface area contributed by atoms with Crippen LogP contribution in [0.5, 0.6) is 0 Å². The van der Waals surface area contributed by atoms with Gasteiger partial charge in [0.1, 0.15) is 6.54 Å². The third kappa shape index (κ3) is 2.50. The largest absolute Gasteiger partial charge is 0.468 e. The Hall–Kier alpha value is -1.77. The van der Waals surface area contributed by atoms with E-state index in [0.29, 0.717) is 0 Å². The van der Waals surface area contributed by atoms with Gasteiger partial charge in [0.05, 0.1) is 12.6 Å². The molecule has 102 valence electrons. The van der Waals surface area contributed by atoms with Gasteiger partial charge < -0.3 is 9.64 Å². The summed E-state index contributed by atoms with van der Waals surface area (Å²) in [5, 5.41) is 0. The molecule has 0 fully saturated rings. The predicted octanol–water partition coefficient (Wildman–Crippen LogP) is 3.17. The van der Waals surface area contributed by atoms with Crippen molar-refractivity contribution in [3.8, 4) is 0 Å². The highest BCUT2D eigenvalue weighted by molar-refractivity contribution is 5.85. The number of hydrogen-bond donors (Lipinski definition) is 0. The second kappa shape index (κ2) is 4.72. The number of methoxy groups -OCH3 is 1. The summed E-state index contributed by atoms with van der Waals surface area (Å²) in [6.45, 7) is 8.70. The van der Waals surface area contributed by atoms with Crippen LogP contribution in [0.2, 0.25) is 0 Å². The molecule has 0 amide bonds. The van der Waals surface area contributed by atoms with E-state index < -0.39 is 0 Å². The van der Waals surface area contributed by atoms with Crippen LogP contribution in [0.4, 0.5) is 5.69 Å².